The van der Waals surface area contributed by atoms with Crippen molar-refractivity contribution < 1.29 is 14.3 Å². The van der Waals surface area contributed by atoms with Crippen LogP contribution in [0.1, 0.15) is 69.8 Å². The second kappa shape index (κ2) is 13.9. The van der Waals surface area contributed by atoms with Crippen LogP contribution in [0.5, 0.6) is 5.75 Å². The molecule has 0 saturated carbocycles. The highest BCUT2D eigenvalue weighted by atomic mass is 35.5. The molecule has 0 radical (unpaired) electrons. The molecule has 8 nitrogen and oxygen atoms in total. The Labute approximate surface area is 245 Å². The van der Waals surface area contributed by atoms with Crippen LogP contribution in [0.4, 0.5) is 0 Å². The van der Waals surface area contributed by atoms with Gasteiger partial charge in [-0.25, -0.2) is 4.68 Å². The first kappa shape index (κ1) is 32.9. The van der Waals surface area contributed by atoms with Crippen LogP contribution in [0.15, 0.2) is 24.3 Å². The predicted molar refractivity (Wildman–Crippen MR) is 159 cm³/mol. The fraction of sp³-hybridized carbons (Fsp3) is 0.621. The largest absolute Gasteiger partial charge is 0.497 e. The molecular formula is C29H45Cl2N5O3. The van der Waals surface area contributed by atoms with E-state index >= 15 is 0 Å². The third-order valence-electron chi connectivity index (χ3n) is 8.07. The van der Waals surface area contributed by atoms with E-state index in [4.69, 9.17) is 9.84 Å². The Morgan fingerprint density at radius 3 is 2.31 bits per heavy atom. The number of piperazine rings is 1. The number of benzene rings is 1. The number of amides is 2. The summed E-state index contributed by atoms with van der Waals surface area (Å²) in [6, 6.07) is 7.53. The number of nitrogens with one attached hydrogen (secondary N) is 1. The molecule has 3 heterocycles. The highest BCUT2D eigenvalue weighted by Crippen LogP contribution is 2.35. The molecule has 0 unspecified atom stereocenters. The average molecular weight is 583 g/mol. The Morgan fingerprint density at radius 2 is 1.74 bits per heavy atom. The lowest BCUT2D eigenvalue weighted by molar-refractivity contribution is -0.161. The fourth-order valence-corrected chi connectivity index (χ4v) is 5.83. The van der Waals surface area contributed by atoms with Crippen LogP contribution in [0.25, 0.3) is 5.69 Å². The zero-order valence-corrected chi connectivity index (χ0v) is 25.8. The Morgan fingerprint density at radius 1 is 1.10 bits per heavy atom. The maximum Gasteiger partial charge on any atom is 0.246 e. The van der Waals surface area contributed by atoms with Gasteiger partial charge in [-0.05, 0) is 69.7 Å². The first-order valence-electron chi connectivity index (χ1n) is 13.7. The molecular weight excluding hydrogens is 537 g/mol. The van der Waals surface area contributed by atoms with Gasteiger partial charge in [0.1, 0.15) is 17.3 Å². The highest BCUT2D eigenvalue weighted by Gasteiger charge is 2.53. The number of aryl methyl sites for hydroxylation is 1. The van der Waals surface area contributed by atoms with Crippen molar-refractivity contribution in [2.75, 3.05) is 26.7 Å². The number of hydrogen-bond acceptors (Lipinski definition) is 5. The fourth-order valence-electron chi connectivity index (χ4n) is 5.83. The van der Waals surface area contributed by atoms with Crippen LogP contribution in [0, 0.1) is 19.8 Å². The summed E-state index contributed by atoms with van der Waals surface area (Å²) in [5.41, 5.74) is 3.63. The van der Waals surface area contributed by atoms with E-state index in [2.05, 4.69) is 44.8 Å². The number of nitrogens with zero attached hydrogens (tertiary/aromatic N) is 4. The summed E-state index contributed by atoms with van der Waals surface area (Å²) in [6.07, 6.45) is 3.92. The molecule has 2 saturated heterocycles. The van der Waals surface area contributed by atoms with Crippen LogP contribution in [-0.2, 0) is 16.1 Å². The number of methoxy groups -OCH3 is 1. The second-order valence-corrected chi connectivity index (χ2v) is 11.1. The molecule has 1 aromatic carbocycles. The van der Waals surface area contributed by atoms with Crippen molar-refractivity contribution in [1.82, 2.24) is 24.9 Å². The number of hydrogen-bond donors (Lipinski definition) is 1. The van der Waals surface area contributed by atoms with E-state index in [0.717, 1.165) is 55.3 Å². The summed E-state index contributed by atoms with van der Waals surface area (Å²) >= 11 is 0. The number of halogens is 2. The number of rotatable bonds is 9. The summed E-state index contributed by atoms with van der Waals surface area (Å²) in [5.74, 6) is 1.31. The number of aromatic nitrogens is 2. The van der Waals surface area contributed by atoms with Crippen LogP contribution in [-0.4, -0.2) is 69.7 Å². The van der Waals surface area contributed by atoms with Gasteiger partial charge in [0.2, 0.25) is 11.8 Å². The molecule has 10 heteroatoms. The zero-order chi connectivity index (χ0) is 26.7. The lowest BCUT2D eigenvalue weighted by Gasteiger charge is -2.52. The van der Waals surface area contributed by atoms with Crippen LogP contribution >= 0.6 is 24.8 Å². The zero-order valence-electron chi connectivity index (χ0n) is 24.2. The van der Waals surface area contributed by atoms with Gasteiger partial charge in [-0.15, -0.1) is 24.8 Å². The number of unbranched alkanes of at least 4 members (excludes halogenated alkanes) is 1. The van der Waals surface area contributed by atoms with E-state index in [1.807, 2.05) is 33.8 Å². The van der Waals surface area contributed by atoms with Crippen LogP contribution in [0.3, 0.4) is 0 Å². The highest BCUT2D eigenvalue weighted by molar-refractivity contribution is 6.00. The molecule has 2 amide bonds. The Kier molecular flexibility index (Phi) is 11.7. The van der Waals surface area contributed by atoms with Crippen molar-refractivity contribution in [3.8, 4) is 11.4 Å². The molecule has 2 fully saturated rings. The van der Waals surface area contributed by atoms with Gasteiger partial charge >= 0.3 is 0 Å². The van der Waals surface area contributed by atoms with Gasteiger partial charge in [0.05, 0.1) is 18.5 Å². The Bertz CT molecular complexity index is 1110. The van der Waals surface area contributed by atoms with E-state index in [1.54, 1.807) is 7.11 Å². The number of piperidine rings is 1. The predicted octanol–water partition coefficient (Wildman–Crippen LogP) is 4.85. The van der Waals surface area contributed by atoms with E-state index in [9.17, 15) is 9.59 Å². The molecule has 218 valence electrons. The van der Waals surface area contributed by atoms with Gasteiger partial charge < -0.3 is 15.0 Å². The average Bonchev–Trinajstić information content (AvgIpc) is 3.16. The van der Waals surface area contributed by atoms with E-state index in [-0.39, 0.29) is 36.6 Å². The van der Waals surface area contributed by atoms with Gasteiger partial charge in [-0.3, -0.25) is 14.5 Å². The number of carbonyl (C=O) groups is 2. The molecule has 1 aromatic heterocycles. The van der Waals surface area contributed by atoms with Gasteiger partial charge in [-0.1, -0.05) is 27.2 Å². The number of carbonyl (C=O) groups excluding carboxylic acids is 2. The summed E-state index contributed by atoms with van der Waals surface area (Å²) in [5, 5.41) is 7.92. The van der Waals surface area contributed by atoms with Crippen molar-refractivity contribution >= 4 is 36.6 Å². The minimum absolute atomic E-state index is 0. The molecule has 1 N–H and O–H groups in total. The topological polar surface area (TPSA) is 79.7 Å². The minimum atomic E-state index is -0.729. The van der Waals surface area contributed by atoms with Crippen LogP contribution < -0.4 is 10.1 Å². The van der Waals surface area contributed by atoms with E-state index in [0.29, 0.717) is 31.7 Å². The maximum absolute atomic E-state index is 13.5. The number of likely N-dealkylation sites (tertiary alicyclic amines) is 1. The minimum Gasteiger partial charge on any atom is -0.497 e. The molecule has 2 aliphatic heterocycles. The summed E-state index contributed by atoms with van der Waals surface area (Å²) in [7, 11) is 1.67. The molecule has 0 aliphatic carbocycles. The second-order valence-electron chi connectivity index (χ2n) is 11.1. The summed E-state index contributed by atoms with van der Waals surface area (Å²) < 4.78 is 7.28. The van der Waals surface area contributed by atoms with Gasteiger partial charge in [0, 0.05) is 37.4 Å². The van der Waals surface area contributed by atoms with Crippen molar-refractivity contribution in [1.29, 1.82) is 0 Å². The van der Waals surface area contributed by atoms with Gasteiger partial charge in [0.15, 0.2) is 0 Å². The van der Waals surface area contributed by atoms with Gasteiger partial charge in [0.25, 0.3) is 0 Å². The van der Waals surface area contributed by atoms with Crippen molar-refractivity contribution in [2.24, 2.45) is 5.92 Å². The SMILES string of the molecule is CCCCN1C(=O)[C@H](CC(C)C)NC(=O)C12CCN(Cc1c(C)nn(-c3ccc(OC)cc3)c1C)CC2.Cl.Cl. The van der Waals surface area contributed by atoms with Crippen molar-refractivity contribution in [3.63, 3.8) is 0 Å². The molecule has 2 aromatic rings. The van der Waals surface area contributed by atoms with E-state index < -0.39 is 11.6 Å². The molecule has 39 heavy (non-hydrogen) atoms. The van der Waals surface area contributed by atoms with Crippen molar-refractivity contribution in [3.05, 3.63) is 41.2 Å². The first-order valence-corrected chi connectivity index (χ1v) is 13.7. The maximum atomic E-state index is 13.5. The molecule has 1 atom stereocenters. The van der Waals surface area contributed by atoms with Crippen molar-refractivity contribution in [2.45, 2.75) is 84.8 Å². The summed E-state index contributed by atoms with van der Waals surface area (Å²) in [4.78, 5) is 31.4. The standard InChI is InChI=1S/C29H43N5O3.2ClH/c1-7-8-15-33-27(35)26(18-20(2)3)30-28(36)29(33)13-16-32(17-14-29)19-25-21(4)31-34(22(25)5)23-9-11-24(37-6)12-10-23;;/h9-12,20,26H,7-8,13-19H2,1-6H3,(H,30,36);2*1H/t26-;;/m0../s1. The third kappa shape index (κ3) is 6.72. The lowest BCUT2D eigenvalue weighted by atomic mass is 9.80. The smallest absolute Gasteiger partial charge is 0.246 e. The molecule has 2 aliphatic rings. The normalized spacial score (nSPS) is 19.1. The Hall–Kier alpha value is -2.29. The molecule has 0 bridgehead atoms. The molecule has 4 rings (SSSR count). The monoisotopic (exact) mass is 581 g/mol. The van der Waals surface area contributed by atoms with Gasteiger partial charge in [-0.2, -0.15) is 5.10 Å². The Balaban J connectivity index is 0.00000267. The quantitative estimate of drug-likeness (QED) is 0.458. The lowest BCUT2D eigenvalue weighted by Crippen LogP contribution is -2.73. The number of ether oxygens (including phenoxy) is 1. The van der Waals surface area contributed by atoms with Crippen LogP contribution in [0.2, 0.25) is 0 Å². The first-order chi connectivity index (χ1) is 17.7. The summed E-state index contributed by atoms with van der Waals surface area (Å²) in [6.45, 7) is 13.5. The third-order valence-corrected chi connectivity index (χ3v) is 8.07. The van der Waals surface area contributed by atoms with E-state index in [1.165, 1.54) is 5.56 Å². The molecule has 1 spiro atoms.